The van der Waals surface area contributed by atoms with Crippen LogP contribution in [0.25, 0.3) is 0 Å². The van der Waals surface area contributed by atoms with Gasteiger partial charge in [-0.25, -0.2) is 8.42 Å². The van der Waals surface area contributed by atoms with E-state index in [-0.39, 0.29) is 65.5 Å². The zero-order valence-electron chi connectivity index (χ0n) is 17.6. The first-order valence-corrected chi connectivity index (χ1v) is 10.9. The fourth-order valence-corrected chi connectivity index (χ4v) is 6.57. The monoisotopic (exact) mass is 424 g/mol. The van der Waals surface area contributed by atoms with E-state index in [2.05, 4.69) is 32.0 Å². The van der Waals surface area contributed by atoms with Crippen LogP contribution in [0.15, 0.2) is 18.2 Å². The van der Waals surface area contributed by atoms with Crippen LogP contribution < -0.4 is 64.2 Å². The standard InChI is InChI=1S/C20H28O5S.2Na/c1-13(2)14-5-7-16-15(11-14)6-8-17-19(16,3)9-4-10-20(17,18(21)22)12-26(23,24)25;;/h5,7,11,13,17H,4,6,8-10,12H2,1-3H3,(H,21,22)(H,23,24,25);;/q;2*+1/p-2/t17-,19-,20-;;/m1../s1. The molecule has 1 saturated carbocycles. The van der Waals surface area contributed by atoms with Crippen molar-refractivity contribution in [2.45, 2.75) is 64.2 Å². The van der Waals surface area contributed by atoms with Gasteiger partial charge in [0.15, 0.2) is 0 Å². The number of carbonyl (C=O) groups is 1. The van der Waals surface area contributed by atoms with E-state index in [1.54, 1.807) is 0 Å². The molecule has 0 aliphatic heterocycles. The Morgan fingerprint density at radius 3 is 2.43 bits per heavy atom. The molecule has 0 bridgehead atoms. The van der Waals surface area contributed by atoms with E-state index in [1.807, 2.05) is 6.92 Å². The second kappa shape index (κ2) is 9.39. The predicted octanol–water partition coefficient (Wildman–Crippen LogP) is -3.90. The molecule has 0 saturated heterocycles. The van der Waals surface area contributed by atoms with Gasteiger partial charge in [-0.1, -0.05) is 45.4 Å². The second-order valence-electron chi connectivity index (χ2n) is 8.58. The summed E-state index contributed by atoms with van der Waals surface area (Å²) in [4.78, 5) is 12.1. The summed E-state index contributed by atoms with van der Waals surface area (Å²) >= 11 is 0. The number of carboxylic acid groups (broad SMARTS) is 1. The minimum atomic E-state index is -4.67. The molecule has 8 heteroatoms. The van der Waals surface area contributed by atoms with E-state index in [0.717, 1.165) is 12.0 Å². The maximum atomic E-state index is 12.1. The molecule has 0 N–H and O–H groups in total. The first kappa shape index (κ1) is 26.6. The molecule has 2 aliphatic rings. The Hall–Kier alpha value is 0.600. The average Bonchev–Trinajstić information content (AvgIpc) is 2.52. The summed E-state index contributed by atoms with van der Waals surface area (Å²) in [5.74, 6) is -2.27. The maximum absolute atomic E-state index is 12.1. The zero-order valence-corrected chi connectivity index (χ0v) is 22.4. The number of carbonyl (C=O) groups excluding carboxylic acids is 1. The molecule has 0 unspecified atom stereocenters. The van der Waals surface area contributed by atoms with Gasteiger partial charge in [-0.3, -0.25) is 0 Å². The number of carboxylic acids is 1. The summed E-state index contributed by atoms with van der Waals surface area (Å²) in [5.41, 5.74) is 1.52. The van der Waals surface area contributed by atoms with E-state index in [1.165, 1.54) is 11.1 Å². The zero-order chi connectivity index (χ0) is 19.3. The Balaban J connectivity index is 0.00000196. The van der Waals surface area contributed by atoms with Crippen molar-refractivity contribution in [1.82, 2.24) is 0 Å². The minimum Gasteiger partial charge on any atom is -0.748 e. The molecule has 144 valence electrons. The third-order valence-corrected chi connectivity index (χ3v) is 7.58. The molecule has 0 radical (unpaired) electrons. The van der Waals surface area contributed by atoms with Crippen LogP contribution in [0.1, 0.15) is 69.1 Å². The Kier molecular flexibility index (Phi) is 8.93. The van der Waals surface area contributed by atoms with Gasteiger partial charge in [0, 0.05) is 17.1 Å². The largest absolute Gasteiger partial charge is 1.00 e. The fourth-order valence-electron chi connectivity index (χ4n) is 5.47. The third-order valence-electron chi connectivity index (χ3n) is 6.71. The van der Waals surface area contributed by atoms with Crippen LogP contribution in [-0.2, 0) is 26.7 Å². The van der Waals surface area contributed by atoms with Gasteiger partial charge >= 0.3 is 59.1 Å². The fraction of sp³-hybridized carbons (Fsp3) is 0.650. The summed E-state index contributed by atoms with van der Waals surface area (Å²) in [6, 6.07) is 6.35. The molecule has 3 atom stereocenters. The first-order valence-electron chi connectivity index (χ1n) is 9.28. The SMILES string of the molecule is CC(C)c1ccc2c(c1)CC[C@H]1[C@@](CS(=O)(=O)[O-])(C(=O)[O-])CCC[C@]21C.[Na+].[Na+]. The molecule has 1 aromatic carbocycles. The predicted molar refractivity (Wildman–Crippen MR) is 95.5 cm³/mol. The Bertz CT molecular complexity index is 839. The van der Waals surface area contributed by atoms with Gasteiger partial charge in [0.1, 0.15) is 0 Å². The molecule has 0 amide bonds. The summed E-state index contributed by atoms with van der Waals surface area (Å²) in [7, 11) is -4.67. The number of aliphatic carboxylic acids is 1. The van der Waals surface area contributed by atoms with Gasteiger partial charge in [0.25, 0.3) is 0 Å². The third kappa shape index (κ3) is 4.75. The number of benzene rings is 1. The summed E-state index contributed by atoms with van der Waals surface area (Å²) in [5, 5.41) is 12.1. The van der Waals surface area contributed by atoms with Crippen LogP contribution in [0, 0.1) is 11.3 Å². The normalized spacial score (nSPS) is 29.1. The van der Waals surface area contributed by atoms with Crippen molar-refractivity contribution in [3.05, 3.63) is 34.9 Å². The van der Waals surface area contributed by atoms with Gasteiger partial charge < -0.3 is 14.5 Å². The van der Waals surface area contributed by atoms with Gasteiger partial charge in [-0.2, -0.15) is 0 Å². The smallest absolute Gasteiger partial charge is 0.748 e. The molecular formula is C20H26Na2O5S. The van der Waals surface area contributed by atoms with Crippen molar-refractivity contribution in [2.24, 2.45) is 11.3 Å². The first-order chi connectivity index (χ1) is 12.0. The summed E-state index contributed by atoms with van der Waals surface area (Å²) in [6.45, 7) is 6.30. The average molecular weight is 424 g/mol. The number of hydrogen-bond donors (Lipinski definition) is 0. The van der Waals surface area contributed by atoms with Gasteiger partial charge in [0.05, 0.1) is 10.1 Å². The van der Waals surface area contributed by atoms with Crippen molar-refractivity contribution >= 4 is 16.1 Å². The molecule has 1 fully saturated rings. The van der Waals surface area contributed by atoms with Crippen molar-refractivity contribution in [2.75, 3.05) is 5.75 Å². The maximum Gasteiger partial charge on any atom is 1.00 e. The van der Waals surface area contributed by atoms with Gasteiger partial charge in [-0.15, -0.1) is 0 Å². The number of fused-ring (bicyclic) bond motifs is 3. The Morgan fingerprint density at radius 1 is 1.25 bits per heavy atom. The van der Waals surface area contributed by atoms with E-state index in [9.17, 15) is 22.9 Å². The summed E-state index contributed by atoms with van der Waals surface area (Å²) in [6.07, 6.45) is 2.82. The van der Waals surface area contributed by atoms with Crippen LogP contribution in [0.3, 0.4) is 0 Å². The van der Waals surface area contributed by atoms with Crippen molar-refractivity contribution < 1.29 is 82.0 Å². The molecule has 0 aromatic heterocycles. The molecular weight excluding hydrogens is 398 g/mol. The van der Waals surface area contributed by atoms with E-state index >= 15 is 0 Å². The molecule has 0 heterocycles. The molecule has 0 spiro atoms. The molecule has 1 aromatic rings. The molecule has 2 aliphatic carbocycles. The number of aryl methyl sites for hydroxylation is 1. The van der Waals surface area contributed by atoms with Crippen LogP contribution in [0.4, 0.5) is 0 Å². The van der Waals surface area contributed by atoms with Crippen molar-refractivity contribution in [1.29, 1.82) is 0 Å². The minimum absolute atomic E-state index is 0. The number of rotatable bonds is 4. The molecule has 5 nitrogen and oxygen atoms in total. The topological polar surface area (TPSA) is 97.3 Å². The van der Waals surface area contributed by atoms with Gasteiger partial charge in [-0.05, 0) is 59.6 Å². The van der Waals surface area contributed by atoms with Crippen LogP contribution >= 0.6 is 0 Å². The van der Waals surface area contributed by atoms with E-state index in [4.69, 9.17) is 0 Å². The molecule has 28 heavy (non-hydrogen) atoms. The molecule has 3 rings (SSSR count). The Labute approximate surface area is 212 Å². The summed E-state index contributed by atoms with van der Waals surface area (Å²) < 4.78 is 34.5. The van der Waals surface area contributed by atoms with E-state index < -0.39 is 38.6 Å². The second-order valence-corrected chi connectivity index (χ2v) is 9.98. The number of hydrogen-bond acceptors (Lipinski definition) is 5. The van der Waals surface area contributed by atoms with Crippen LogP contribution in [0.2, 0.25) is 0 Å². The van der Waals surface area contributed by atoms with Crippen LogP contribution in [-0.4, -0.2) is 24.7 Å². The van der Waals surface area contributed by atoms with Crippen molar-refractivity contribution in [3.63, 3.8) is 0 Å². The van der Waals surface area contributed by atoms with E-state index in [0.29, 0.717) is 25.2 Å². The Morgan fingerprint density at radius 2 is 1.89 bits per heavy atom. The quantitative estimate of drug-likeness (QED) is 0.364. The van der Waals surface area contributed by atoms with Gasteiger partial charge in [0.2, 0.25) is 0 Å². The van der Waals surface area contributed by atoms with Crippen LogP contribution in [0.5, 0.6) is 0 Å². The van der Waals surface area contributed by atoms with Crippen molar-refractivity contribution in [3.8, 4) is 0 Å².